The van der Waals surface area contributed by atoms with E-state index in [4.69, 9.17) is 0 Å². The van der Waals surface area contributed by atoms with Crippen LogP contribution in [-0.2, 0) is 0 Å². The van der Waals surface area contributed by atoms with Crippen molar-refractivity contribution in [3.63, 3.8) is 0 Å². The first-order chi connectivity index (χ1) is 9.16. The molecule has 0 amide bonds. The summed E-state index contributed by atoms with van der Waals surface area (Å²) < 4.78 is 1.79. The fraction of sp³-hybridized carbons (Fsp3) is 0.467. The summed E-state index contributed by atoms with van der Waals surface area (Å²) in [5.74, 6) is 0.745. The van der Waals surface area contributed by atoms with Gasteiger partial charge in [-0.3, -0.25) is 0 Å². The Kier molecular flexibility index (Phi) is 4.55. The van der Waals surface area contributed by atoms with Crippen molar-refractivity contribution < 1.29 is 0 Å². The molecule has 0 aliphatic carbocycles. The van der Waals surface area contributed by atoms with Crippen LogP contribution in [-0.4, -0.2) is 20.8 Å². The van der Waals surface area contributed by atoms with Crippen molar-refractivity contribution >= 4 is 5.69 Å². The minimum absolute atomic E-state index is 0.451. The summed E-state index contributed by atoms with van der Waals surface area (Å²) in [6.07, 6.45) is 5.68. The average molecular weight is 258 g/mol. The maximum Gasteiger partial charge on any atom is 0.138 e. The third-order valence-corrected chi connectivity index (χ3v) is 3.15. The predicted molar refractivity (Wildman–Crippen MR) is 78.5 cm³/mol. The van der Waals surface area contributed by atoms with Crippen molar-refractivity contribution in [2.75, 3.05) is 5.32 Å². The maximum atomic E-state index is 4.19. The molecule has 1 aromatic carbocycles. The molecule has 1 N–H and O–H groups in total. The summed E-state index contributed by atoms with van der Waals surface area (Å²) in [6, 6.07) is 8.64. The van der Waals surface area contributed by atoms with Crippen molar-refractivity contribution in [3.8, 4) is 5.69 Å². The van der Waals surface area contributed by atoms with E-state index in [1.165, 1.54) is 12.8 Å². The van der Waals surface area contributed by atoms with Gasteiger partial charge in [-0.1, -0.05) is 26.0 Å². The summed E-state index contributed by atoms with van der Waals surface area (Å²) in [5.41, 5.74) is 2.14. The van der Waals surface area contributed by atoms with Gasteiger partial charge in [0.1, 0.15) is 12.7 Å². The van der Waals surface area contributed by atoms with Gasteiger partial charge in [0.2, 0.25) is 0 Å². The van der Waals surface area contributed by atoms with Crippen molar-refractivity contribution in [1.29, 1.82) is 0 Å². The first-order valence-electron chi connectivity index (χ1n) is 6.87. The van der Waals surface area contributed by atoms with Gasteiger partial charge in [-0.25, -0.2) is 9.67 Å². The van der Waals surface area contributed by atoms with Gasteiger partial charge in [0.05, 0.1) is 11.4 Å². The molecule has 0 bridgehead atoms. The number of anilines is 1. The number of aromatic nitrogens is 3. The second kappa shape index (κ2) is 6.36. The molecular weight excluding hydrogens is 236 g/mol. The van der Waals surface area contributed by atoms with Gasteiger partial charge in [0.25, 0.3) is 0 Å². The number of rotatable bonds is 6. The fourth-order valence-corrected chi connectivity index (χ4v) is 2.05. The van der Waals surface area contributed by atoms with Crippen LogP contribution in [0.25, 0.3) is 5.69 Å². The van der Waals surface area contributed by atoms with Crippen LogP contribution in [0.5, 0.6) is 0 Å². The van der Waals surface area contributed by atoms with Crippen LogP contribution in [0.1, 0.15) is 33.6 Å². The smallest absolute Gasteiger partial charge is 0.138 e. The van der Waals surface area contributed by atoms with Gasteiger partial charge in [-0.05, 0) is 37.8 Å². The molecule has 4 nitrogen and oxygen atoms in total. The molecule has 0 fully saturated rings. The molecule has 0 spiro atoms. The first-order valence-corrected chi connectivity index (χ1v) is 6.87. The standard InChI is InChI=1S/C15H22N4/c1-12(2)8-9-13(3)18-14-6-4-5-7-15(14)19-11-16-10-17-19/h4-7,10-13,18H,8-9H2,1-3H3. The fourth-order valence-electron chi connectivity index (χ4n) is 2.05. The third kappa shape index (κ3) is 3.81. The van der Waals surface area contributed by atoms with Gasteiger partial charge in [0, 0.05) is 6.04 Å². The quantitative estimate of drug-likeness (QED) is 0.862. The minimum atomic E-state index is 0.451. The largest absolute Gasteiger partial charge is 0.381 e. The SMILES string of the molecule is CC(C)CCC(C)Nc1ccccc1-n1cncn1. The zero-order valence-corrected chi connectivity index (χ0v) is 11.9. The van der Waals surface area contributed by atoms with Crippen LogP contribution in [0.4, 0.5) is 5.69 Å². The van der Waals surface area contributed by atoms with E-state index in [-0.39, 0.29) is 0 Å². The number of benzene rings is 1. The van der Waals surface area contributed by atoms with E-state index < -0.39 is 0 Å². The van der Waals surface area contributed by atoms with Crippen molar-refractivity contribution in [2.45, 2.75) is 39.7 Å². The number of hydrogen-bond donors (Lipinski definition) is 1. The Hall–Kier alpha value is -1.84. The van der Waals surface area contributed by atoms with Crippen LogP contribution in [0.2, 0.25) is 0 Å². The zero-order valence-electron chi connectivity index (χ0n) is 11.9. The summed E-state index contributed by atoms with van der Waals surface area (Å²) >= 11 is 0. The highest BCUT2D eigenvalue weighted by molar-refractivity contribution is 5.60. The van der Waals surface area contributed by atoms with Crippen LogP contribution >= 0.6 is 0 Å². The third-order valence-electron chi connectivity index (χ3n) is 3.15. The molecule has 102 valence electrons. The Morgan fingerprint density at radius 1 is 1.16 bits per heavy atom. The van der Waals surface area contributed by atoms with E-state index >= 15 is 0 Å². The molecule has 0 aliphatic heterocycles. The topological polar surface area (TPSA) is 42.7 Å². The molecule has 2 rings (SSSR count). The Morgan fingerprint density at radius 3 is 2.63 bits per heavy atom. The second-order valence-electron chi connectivity index (χ2n) is 5.37. The van der Waals surface area contributed by atoms with Crippen molar-refractivity contribution in [2.24, 2.45) is 5.92 Å². The Morgan fingerprint density at radius 2 is 1.95 bits per heavy atom. The zero-order chi connectivity index (χ0) is 13.7. The number of nitrogens with one attached hydrogen (secondary N) is 1. The monoisotopic (exact) mass is 258 g/mol. The Labute approximate surface area is 114 Å². The molecule has 2 aromatic rings. The van der Waals surface area contributed by atoms with Gasteiger partial charge in [0.15, 0.2) is 0 Å². The molecule has 1 aromatic heterocycles. The number of para-hydroxylation sites is 2. The highest BCUT2D eigenvalue weighted by Gasteiger charge is 2.08. The lowest BCUT2D eigenvalue weighted by Crippen LogP contribution is -2.17. The summed E-state index contributed by atoms with van der Waals surface area (Å²) in [6.45, 7) is 6.74. The molecule has 19 heavy (non-hydrogen) atoms. The van der Waals surface area contributed by atoms with Gasteiger partial charge in [-0.2, -0.15) is 5.10 Å². The van der Waals surface area contributed by atoms with Crippen molar-refractivity contribution in [1.82, 2.24) is 14.8 Å². The van der Waals surface area contributed by atoms with Gasteiger partial charge >= 0.3 is 0 Å². The Balaban J connectivity index is 2.08. The summed E-state index contributed by atoms with van der Waals surface area (Å²) in [5, 5.41) is 7.76. The molecule has 0 aliphatic rings. The first kappa shape index (κ1) is 13.6. The average Bonchev–Trinajstić information content (AvgIpc) is 2.91. The van der Waals surface area contributed by atoms with E-state index in [9.17, 15) is 0 Å². The second-order valence-corrected chi connectivity index (χ2v) is 5.37. The molecular formula is C15H22N4. The lowest BCUT2D eigenvalue weighted by Gasteiger charge is -2.18. The highest BCUT2D eigenvalue weighted by Crippen LogP contribution is 2.20. The molecule has 1 heterocycles. The lowest BCUT2D eigenvalue weighted by atomic mass is 10.0. The van der Waals surface area contributed by atoms with E-state index in [0.717, 1.165) is 17.3 Å². The molecule has 0 saturated heterocycles. The van der Waals surface area contributed by atoms with Gasteiger partial charge < -0.3 is 5.32 Å². The Bertz CT molecular complexity index is 491. The van der Waals surface area contributed by atoms with Crippen LogP contribution in [0, 0.1) is 5.92 Å². The molecule has 0 saturated carbocycles. The molecule has 1 atom stereocenters. The van der Waals surface area contributed by atoms with E-state index in [1.54, 1.807) is 17.3 Å². The van der Waals surface area contributed by atoms with E-state index in [2.05, 4.69) is 42.2 Å². The normalized spacial score (nSPS) is 12.6. The number of nitrogens with zero attached hydrogens (tertiary/aromatic N) is 3. The number of hydrogen-bond acceptors (Lipinski definition) is 3. The highest BCUT2D eigenvalue weighted by atomic mass is 15.3. The van der Waals surface area contributed by atoms with Crippen LogP contribution < -0.4 is 5.32 Å². The summed E-state index contributed by atoms with van der Waals surface area (Å²) in [4.78, 5) is 4.00. The van der Waals surface area contributed by atoms with Gasteiger partial charge in [-0.15, -0.1) is 0 Å². The minimum Gasteiger partial charge on any atom is -0.381 e. The van der Waals surface area contributed by atoms with Crippen molar-refractivity contribution in [3.05, 3.63) is 36.9 Å². The maximum absolute atomic E-state index is 4.19. The molecule has 1 unspecified atom stereocenters. The van der Waals surface area contributed by atoms with E-state index in [0.29, 0.717) is 6.04 Å². The molecule has 4 heteroatoms. The summed E-state index contributed by atoms with van der Waals surface area (Å²) in [7, 11) is 0. The van der Waals surface area contributed by atoms with E-state index in [1.807, 2.05) is 18.2 Å². The molecule has 0 radical (unpaired) electrons. The van der Waals surface area contributed by atoms with Crippen LogP contribution in [0.3, 0.4) is 0 Å². The van der Waals surface area contributed by atoms with Crippen LogP contribution in [0.15, 0.2) is 36.9 Å². The predicted octanol–water partition coefficient (Wildman–Crippen LogP) is 3.50. The lowest BCUT2D eigenvalue weighted by molar-refractivity contribution is 0.527.